The minimum Gasteiger partial charge on any atom is -0.313 e. The van der Waals surface area contributed by atoms with Crippen LogP contribution in [-0.4, -0.2) is 31.8 Å². The molecule has 0 aliphatic rings. The van der Waals surface area contributed by atoms with Gasteiger partial charge in [0.15, 0.2) is 0 Å². The lowest BCUT2D eigenvalue weighted by molar-refractivity contribution is 0.423. The predicted molar refractivity (Wildman–Crippen MR) is 32.0 cm³/mol. The van der Waals surface area contributed by atoms with Gasteiger partial charge < -0.3 is 10.3 Å². The topological polar surface area (TPSA) is 27.1 Å². The maximum absolute atomic E-state index is 6.64. The zero-order chi connectivity index (χ0) is 5.70. The average Bonchev–Trinajstić information content (AvgIpc) is 1.61. The summed E-state index contributed by atoms with van der Waals surface area (Å²) in [6.07, 6.45) is 2.30. The van der Waals surface area contributed by atoms with Crippen LogP contribution in [0.4, 0.5) is 0 Å². The Kier molecular flexibility index (Phi) is 3.61. The molecule has 0 heterocycles. The zero-order valence-electron chi connectivity index (χ0n) is 4.94. The van der Waals surface area contributed by atoms with Gasteiger partial charge in [-0.25, -0.2) is 0 Å². The molecule has 0 aromatic rings. The van der Waals surface area contributed by atoms with Crippen molar-refractivity contribution in [2.24, 2.45) is 0 Å². The summed E-state index contributed by atoms with van der Waals surface area (Å²) in [5.74, 6) is 0. The molecule has 0 saturated carbocycles. The average molecular weight is 100 g/mol. The van der Waals surface area contributed by atoms with Gasteiger partial charge in [0.25, 0.3) is 0 Å². The van der Waals surface area contributed by atoms with Gasteiger partial charge in [0.05, 0.1) is 0 Å². The monoisotopic (exact) mass is 100 g/mol. The van der Waals surface area contributed by atoms with E-state index < -0.39 is 0 Å². The molecule has 7 heavy (non-hydrogen) atoms. The van der Waals surface area contributed by atoms with Crippen molar-refractivity contribution in [1.82, 2.24) is 4.90 Å². The van der Waals surface area contributed by atoms with Gasteiger partial charge in [0.1, 0.15) is 0 Å². The first kappa shape index (κ1) is 6.63. The second-order valence-electron chi connectivity index (χ2n) is 1.80. The molecule has 42 valence electrons. The van der Waals surface area contributed by atoms with Gasteiger partial charge in [-0.2, -0.15) is 0 Å². The number of nitrogens with zero attached hydrogens (tertiary/aromatic N) is 1. The van der Waals surface area contributed by atoms with Crippen LogP contribution in [0.5, 0.6) is 0 Å². The molecule has 1 N–H and O–H groups in total. The standard InChI is InChI=1S/C5H12N2/c1-7(2)5-3-4-6/h4,6H,3,5H2,1-2H3. The van der Waals surface area contributed by atoms with Crippen LogP contribution in [0.25, 0.3) is 0 Å². The van der Waals surface area contributed by atoms with E-state index in [-0.39, 0.29) is 0 Å². The molecule has 0 fully saturated rings. The highest BCUT2D eigenvalue weighted by atomic mass is 15.0. The zero-order valence-corrected chi connectivity index (χ0v) is 4.94. The van der Waals surface area contributed by atoms with Gasteiger partial charge in [-0.15, -0.1) is 0 Å². The second kappa shape index (κ2) is 3.81. The summed E-state index contributed by atoms with van der Waals surface area (Å²) >= 11 is 0. The molecule has 0 amide bonds. The van der Waals surface area contributed by atoms with E-state index >= 15 is 0 Å². The van der Waals surface area contributed by atoms with E-state index in [1.165, 1.54) is 6.21 Å². The van der Waals surface area contributed by atoms with Crippen molar-refractivity contribution in [2.45, 2.75) is 6.42 Å². The van der Waals surface area contributed by atoms with Crippen molar-refractivity contribution in [1.29, 1.82) is 5.41 Å². The maximum Gasteiger partial charge on any atom is 0.00246 e. The molecular weight excluding hydrogens is 88.1 g/mol. The summed E-state index contributed by atoms with van der Waals surface area (Å²) in [4.78, 5) is 2.06. The Bertz CT molecular complexity index is 50.0. The van der Waals surface area contributed by atoms with Crippen molar-refractivity contribution < 1.29 is 0 Å². The van der Waals surface area contributed by atoms with Crippen LogP contribution in [0.2, 0.25) is 0 Å². The van der Waals surface area contributed by atoms with Crippen LogP contribution in [0.1, 0.15) is 6.42 Å². The smallest absolute Gasteiger partial charge is 0.00246 e. The van der Waals surface area contributed by atoms with E-state index in [4.69, 9.17) is 5.41 Å². The highest BCUT2D eigenvalue weighted by Gasteiger charge is 1.82. The SMILES string of the molecule is CN(C)CCC=N. The van der Waals surface area contributed by atoms with E-state index in [1.54, 1.807) is 0 Å². The maximum atomic E-state index is 6.64. The molecule has 0 unspecified atom stereocenters. The first-order valence-corrected chi connectivity index (χ1v) is 2.41. The van der Waals surface area contributed by atoms with Crippen LogP contribution in [0.3, 0.4) is 0 Å². The van der Waals surface area contributed by atoms with E-state index in [2.05, 4.69) is 4.90 Å². The number of hydrogen-bond acceptors (Lipinski definition) is 2. The third-order valence-electron chi connectivity index (χ3n) is 0.721. The fraction of sp³-hybridized carbons (Fsp3) is 0.800. The lowest BCUT2D eigenvalue weighted by Crippen LogP contribution is -2.12. The van der Waals surface area contributed by atoms with Gasteiger partial charge in [-0.05, 0) is 26.7 Å². The Labute approximate surface area is 44.6 Å². The molecule has 0 spiro atoms. The van der Waals surface area contributed by atoms with Crippen LogP contribution >= 0.6 is 0 Å². The Balaban J connectivity index is 2.81. The third kappa shape index (κ3) is 5.63. The molecule has 0 radical (unpaired) electrons. The van der Waals surface area contributed by atoms with Crippen molar-refractivity contribution in [3.05, 3.63) is 0 Å². The number of rotatable bonds is 3. The first-order valence-electron chi connectivity index (χ1n) is 2.41. The quantitative estimate of drug-likeness (QED) is 0.516. The predicted octanol–water partition coefficient (Wildman–Crippen LogP) is 0.588. The summed E-state index contributed by atoms with van der Waals surface area (Å²) in [6.45, 7) is 0.990. The third-order valence-corrected chi connectivity index (χ3v) is 0.721. The molecule has 0 saturated heterocycles. The van der Waals surface area contributed by atoms with Crippen LogP contribution in [-0.2, 0) is 0 Å². The summed E-state index contributed by atoms with van der Waals surface area (Å²) in [7, 11) is 4.01. The van der Waals surface area contributed by atoms with E-state index in [9.17, 15) is 0 Å². The molecule has 0 atom stereocenters. The van der Waals surface area contributed by atoms with Crippen LogP contribution in [0, 0.1) is 5.41 Å². The lowest BCUT2D eigenvalue weighted by Gasteiger charge is -2.04. The molecule has 2 heteroatoms. The van der Waals surface area contributed by atoms with Gasteiger partial charge in [0.2, 0.25) is 0 Å². The Hall–Kier alpha value is -0.370. The van der Waals surface area contributed by atoms with Gasteiger partial charge in [-0.1, -0.05) is 0 Å². The highest BCUT2D eigenvalue weighted by Crippen LogP contribution is 1.75. The second-order valence-corrected chi connectivity index (χ2v) is 1.80. The molecule has 0 aliphatic heterocycles. The van der Waals surface area contributed by atoms with Crippen LogP contribution < -0.4 is 0 Å². The van der Waals surface area contributed by atoms with Crippen molar-refractivity contribution in [2.75, 3.05) is 20.6 Å². The summed E-state index contributed by atoms with van der Waals surface area (Å²) in [5, 5.41) is 6.64. The van der Waals surface area contributed by atoms with Gasteiger partial charge in [0, 0.05) is 6.54 Å². The number of hydrogen-bond donors (Lipinski definition) is 1. The minimum absolute atomic E-state index is 0.868. The number of nitrogens with one attached hydrogen (secondary N) is 1. The highest BCUT2D eigenvalue weighted by molar-refractivity contribution is 5.52. The van der Waals surface area contributed by atoms with Crippen molar-refractivity contribution in [3.8, 4) is 0 Å². The van der Waals surface area contributed by atoms with E-state index in [0.29, 0.717) is 0 Å². The molecule has 0 aliphatic carbocycles. The van der Waals surface area contributed by atoms with Gasteiger partial charge in [-0.3, -0.25) is 0 Å². The largest absolute Gasteiger partial charge is 0.313 e. The molecule has 2 nitrogen and oxygen atoms in total. The summed E-state index contributed by atoms with van der Waals surface area (Å²) < 4.78 is 0. The first-order chi connectivity index (χ1) is 3.27. The lowest BCUT2D eigenvalue weighted by atomic mass is 10.4. The van der Waals surface area contributed by atoms with Crippen molar-refractivity contribution in [3.63, 3.8) is 0 Å². The Morgan fingerprint density at radius 3 is 2.29 bits per heavy atom. The Morgan fingerprint density at radius 2 is 2.14 bits per heavy atom. The van der Waals surface area contributed by atoms with E-state index in [0.717, 1.165) is 13.0 Å². The molecule has 0 bridgehead atoms. The normalized spacial score (nSPS) is 9.57. The van der Waals surface area contributed by atoms with Crippen molar-refractivity contribution >= 4 is 6.21 Å². The molecule has 0 aromatic carbocycles. The molecular formula is C5H12N2. The Morgan fingerprint density at radius 1 is 1.57 bits per heavy atom. The van der Waals surface area contributed by atoms with Crippen LogP contribution in [0.15, 0.2) is 0 Å². The summed E-state index contributed by atoms with van der Waals surface area (Å²) in [5.41, 5.74) is 0. The fourth-order valence-corrected chi connectivity index (χ4v) is 0.323. The van der Waals surface area contributed by atoms with Gasteiger partial charge >= 0.3 is 0 Å². The molecule has 0 rings (SSSR count). The molecule has 0 aromatic heterocycles. The van der Waals surface area contributed by atoms with E-state index in [1.807, 2.05) is 14.1 Å². The summed E-state index contributed by atoms with van der Waals surface area (Å²) in [6, 6.07) is 0. The fourth-order valence-electron chi connectivity index (χ4n) is 0.323. The minimum atomic E-state index is 0.868.